The van der Waals surface area contributed by atoms with Gasteiger partial charge in [0.15, 0.2) is 0 Å². The number of aromatic amines is 1. The molecule has 19 heavy (non-hydrogen) atoms. The average Bonchev–Trinajstić information content (AvgIpc) is 2.96. The first-order valence-electron chi connectivity index (χ1n) is 5.98. The molecule has 2 N–H and O–H groups in total. The molecule has 2 heterocycles. The van der Waals surface area contributed by atoms with Crippen LogP contribution in [0.1, 0.15) is 11.4 Å². The van der Waals surface area contributed by atoms with Crippen LogP contribution in [0.2, 0.25) is 0 Å². The van der Waals surface area contributed by atoms with E-state index >= 15 is 0 Å². The molecule has 0 bridgehead atoms. The maximum atomic E-state index is 11.7. The quantitative estimate of drug-likeness (QED) is 0.747. The number of hydrogen-bond acceptors (Lipinski definition) is 5. The van der Waals surface area contributed by atoms with E-state index in [9.17, 15) is 4.79 Å². The van der Waals surface area contributed by atoms with Gasteiger partial charge in [0.25, 0.3) is 0 Å². The third-order valence-corrected chi connectivity index (χ3v) is 2.72. The first-order valence-corrected chi connectivity index (χ1v) is 5.98. The van der Waals surface area contributed by atoms with E-state index in [2.05, 4.69) is 20.3 Å². The molecular weight excluding hydrogens is 244 g/mol. The first-order chi connectivity index (χ1) is 9.29. The van der Waals surface area contributed by atoms with Crippen LogP contribution >= 0.6 is 0 Å². The summed E-state index contributed by atoms with van der Waals surface area (Å²) in [6.07, 6.45) is 5.50. The Labute approximate surface area is 111 Å². The molecule has 1 atom stereocenters. The van der Waals surface area contributed by atoms with Crippen molar-refractivity contribution in [3.63, 3.8) is 0 Å². The van der Waals surface area contributed by atoms with E-state index in [1.165, 1.54) is 7.11 Å². The molecule has 0 aliphatic carbocycles. The van der Waals surface area contributed by atoms with Gasteiger partial charge in [-0.25, -0.2) is 4.98 Å². The molecule has 0 aromatic carbocycles. The number of methoxy groups -OCH3 is 1. The largest absolute Gasteiger partial charge is 0.468 e. The Morgan fingerprint density at radius 1 is 1.53 bits per heavy atom. The molecule has 0 spiro atoms. The minimum absolute atomic E-state index is 0.300. The predicted octanol–water partition coefficient (Wildman–Crippen LogP) is 0.679. The highest BCUT2D eigenvalue weighted by molar-refractivity contribution is 5.75. The maximum Gasteiger partial charge on any atom is 0.323 e. The lowest BCUT2D eigenvalue weighted by Crippen LogP contribution is -2.39. The van der Waals surface area contributed by atoms with Crippen molar-refractivity contribution in [3.05, 3.63) is 48.3 Å². The lowest BCUT2D eigenvalue weighted by molar-refractivity contribution is -0.143. The summed E-state index contributed by atoms with van der Waals surface area (Å²) < 4.78 is 4.79. The van der Waals surface area contributed by atoms with Gasteiger partial charge in [-0.15, -0.1) is 0 Å². The summed E-state index contributed by atoms with van der Waals surface area (Å²) in [4.78, 5) is 22.8. The number of ether oxygens (including phenoxy) is 1. The number of H-pyrrole nitrogens is 1. The van der Waals surface area contributed by atoms with Gasteiger partial charge >= 0.3 is 5.97 Å². The minimum atomic E-state index is -0.424. The average molecular weight is 260 g/mol. The monoisotopic (exact) mass is 260 g/mol. The lowest BCUT2D eigenvalue weighted by atomic mass is 10.1. The Morgan fingerprint density at radius 3 is 3.05 bits per heavy atom. The van der Waals surface area contributed by atoms with Gasteiger partial charge in [0.2, 0.25) is 0 Å². The number of pyridine rings is 1. The summed E-state index contributed by atoms with van der Waals surface area (Å²) >= 11 is 0. The second kappa shape index (κ2) is 6.65. The van der Waals surface area contributed by atoms with Gasteiger partial charge in [-0.3, -0.25) is 15.1 Å². The summed E-state index contributed by atoms with van der Waals surface area (Å²) in [7, 11) is 1.38. The molecule has 2 aromatic heterocycles. The SMILES string of the molecule is COC(=O)[C@H](Cc1cnc[nH]1)NCc1ccccn1. The van der Waals surface area contributed by atoms with Gasteiger partial charge in [0.05, 0.1) is 19.1 Å². The van der Waals surface area contributed by atoms with E-state index < -0.39 is 6.04 Å². The molecule has 6 heteroatoms. The standard InChI is InChI=1S/C13H16N4O2/c1-19-13(18)12(6-11-7-14-9-17-11)16-8-10-4-2-3-5-15-10/h2-5,7,9,12,16H,6,8H2,1H3,(H,14,17)/t12-/m0/s1. The topological polar surface area (TPSA) is 79.9 Å². The third-order valence-electron chi connectivity index (χ3n) is 2.72. The van der Waals surface area contributed by atoms with E-state index in [0.717, 1.165) is 11.4 Å². The zero-order valence-corrected chi connectivity index (χ0v) is 10.7. The van der Waals surface area contributed by atoms with Crippen LogP contribution in [0, 0.1) is 0 Å². The van der Waals surface area contributed by atoms with Crippen LogP contribution in [-0.2, 0) is 22.5 Å². The van der Waals surface area contributed by atoms with Gasteiger partial charge in [-0.05, 0) is 12.1 Å². The molecule has 0 aliphatic rings. The number of imidazole rings is 1. The number of esters is 1. The van der Waals surface area contributed by atoms with Gasteiger partial charge in [-0.1, -0.05) is 6.07 Å². The van der Waals surface area contributed by atoms with Crippen LogP contribution in [0.5, 0.6) is 0 Å². The highest BCUT2D eigenvalue weighted by Gasteiger charge is 2.19. The molecule has 0 aliphatic heterocycles. The highest BCUT2D eigenvalue weighted by atomic mass is 16.5. The fraction of sp³-hybridized carbons (Fsp3) is 0.308. The summed E-state index contributed by atoms with van der Waals surface area (Å²) in [5, 5.41) is 3.14. The Hall–Kier alpha value is -2.21. The zero-order valence-electron chi connectivity index (χ0n) is 10.7. The Kier molecular flexibility index (Phi) is 4.63. The molecule has 0 saturated heterocycles. The van der Waals surface area contributed by atoms with Crippen LogP contribution in [0.25, 0.3) is 0 Å². The normalized spacial score (nSPS) is 12.1. The summed E-state index contributed by atoms with van der Waals surface area (Å²) in [6.45, 7) is 0.509. The molecule has 0 saturated carbocycles. The van der Waals surface area contributed by atoms with Crippen molar-refractivity contribution in [1.29, 1.82) is 0 Å². The summed E-state index contributed by atoms with van der Waals surface area (Å²) in [5.41, 5.74) is 1.75. The molecule has 0 amide bonds. The van der Waals surface area contributed by atoms with Gasteiger partial charge < -0.3 is 9.72 Å². The highest BCUT2D eigenvalue weighted by Crippen LogP contribution is 2.02. The molecule has 6 nitrogen and oxygen atoms in total. The maximum absolute atomic E-state index is 11.7. The van der Waals surface area contributed by atoms with Crippen molar-refractivity contribution in [2.24, 2.45) is 0 Å². The van der Waals surface area contributed by atoms with Crippen molar-refractivity contribution in [1.82, 2.24) is 20.3 Å². The molecule has 0 radical (unpaired) electrons. The molecular formula is C13H16N4O2. The van der Waals surface area contributed by atoms with Crippen LogP contribution in [0.4, 0.5) is 0 Å². The zero-order chi connectivity index (χ0) is 13.5. The minimum Gasteiger partial charge on any atom is -0.468 e. The number of rotatable bonds is 6. The van der Waals surface area contributed by atoms with Crippen molar-refractivity contribution in [3.8, 4) is 0 Å². The summed E-state index contributed by atoms with van der Waals surface area (Å²) in [6, 6.07) is 5.24. The number of carbonyl (C=O) groups excluding carboxylic acids is 1. The molecule has 0 fully saturated rings. The predicted molar refractivity (Wildman–Crippen MR) is 69.2 cm³/mol. The number of nitrogens with one attached hydrogen (secondary N) is 2. The Bertz CT molecular complexity index is 499. The van der Waals surface area contributed by atoms with E-state index in [-0.39, 0.29) is 5.97 Å². The first kappa shape index (κ1) is 13.2. The van der Waals surface area contributed by atoms with Crippen LogP contribution in [0.15, 0.2) is 36.9 Å². The van der Waals surface area contributed by atoms with Crippen LogP contribution in [-0.4, -0.2) is 34.1 Å². The van der Waals surface area contributed by atoms with E-state index in [1.807, 2.05) is 18.2 Å². The van der Waals surface area contributed by atoms with Crippen LogP contribution in [0.3, 0.4) is 0 Å². The van der Waals surface area contributed by atoms with Gasteiger partial charge in [0, 0.05) is 31.1 Å². The number of nitrogens with zero attached hydrogens (tertiary/aromatic N) is 2. The van der Waals surface area contributed by atoms with Gasteiger partial charge in [-0.2, -0.15) is 0 Å². The van der Waals surface area contributed by atoms with Gasteiger partial charge in [0.1, 0.15) is 6.04 Å². The molecule has 2 aromatic rings. The summed E-state index contributed by atoms with van der Waals surface area (Å²) in [5.74, 6) is -0.300. The molecule has 100 valence electrons. The number of hydrogen-bond donors (Lipinski definition) is 2. The van der Waals surface area contributed by atoms with Crippen molar-refractivity contribution in [2.75, 3.05) is 7.11 Å². The van der Waals surface area contributed by atoms with Crippen LogP contribution < -0.4 is 5.32 Å². The lowest BCUT2D eigenvalue weighted by Gasteiger charge is -2.15. The second-order valence-corrected chi connectivity index (χ2v) is 4.06. The number of aromatic nitrogens is 3. The van der Waals surface area contributed by atoms with E-state index in [4.69, 9.17) is 4.74 Å². The molecule has 0 unspecified atom stereocenters. The van der Waals surface area contributed by atoms with E-state index in [1.54, 1.807) is 18.7 Å². The van der Waals surface area contributed by atoms with E-state index in [0.29, 0.717) is 13.0 Å². The smallest absolute Gasteiger partial charge is 0.323 e. The fourth-order valence-corrected chi connectivity index (χ4v) is 1.73. The second-order valence-electron chi connectivity index (χ2n) is 4.06. The fourth-order valence-electron chi connectivity index (χ4n) is 1.73. The van der Waals surface area contributed by atoms with Crippen molar-refractivity contribution < 1.29 is 9.53 Å². The van der Waals surface area contributed by atoms with Crippen molar-refractivity contribution in [2.45, 2.75) is 19.0 Å². The molecule has 2 rings (SSSR count). The Morgan fingerprint density at radius 2 is 2.42 bits per heavy atom. The number of carbonyl (C=O) groups is 1. The third kappa shape index (κ3) is 3.89. The Balaban J connectivity index is 1.96. The van der Waals surface area contributed by atoms with Crippen molar-refractivity contribution >= 4 is 5.97 Å².